The number of benzene rings is 1. The molecule has 3 aromatic heterocycles. The first-order valence-electron chi connectivity index (χ1n) is 9.20. The number of methoxy groups -OCH3 is 1. The maximum Gasteiger partial charge on any atom is 0.161 e. The summed E-state index contributed by atoms with van der Waals surface area (Å²) in [6.07, 6.45) is 3.11. The Bertz CT molecular complexity index is 1270. The standard InChI is InChI=1S/C14H13ClN2O2.C8H6N2OS.CH4/c1-8-4-10(12(6-16-8)9(2)18)11-5-14(15)17-7-13(11)19-3;1-5-9-7-3-2-6(10-11)4-8(7)12-5;/h4-7H,1-3H3;2-4H,1H3;1H4. The fraction of sp³-hybridized carbons (Fsp3) is 0.217. The van der Waals surface area contributed by atoms with Crippen LogP contribution in [0, 0.1) is 18.8 Å². The Labute approximate surface area is 195 Å². The van der Waals surface area contributed by atoms with Crippen molar-refractivity contribution < 1.29 is 9.53 Å². The molecule has 0 saturated heterocycles. The van der Waals surface area contributed by atoms with E-state index in [0.717, 1.165) is 32.0 Å². The number of halogens is 1. The fourth-order valence-corrected chi connectivity index (χ4v) is 3.96. The summed E-state index contributed by atoms with van der Waals surface area (Å²) in [5.74, 6) is 0.509. The van der Waals surface area contributed by atoms with Gasteiger partial charge in [0.25, 0.3) is 0 Å². The Hall–Kier alpha value is -3.23. The molecule has 0 aliphatic heterocycles. The van der Waals surface area contributed by atoms with Gasteiger partial charge >= 0.3 is 0 Å². The third-order valence-corrected chi connectivity index (χ3v) is 5.49. The molecule has 0 bridgehead atoms. The zero-order valence-corrected chi connectivity index (χ0v) is 18.9. The van der Waals surface area contributed by atoms with Crippen LogP contribution < -0.4 is 4.74 Å². The minimum Gasteiger partial charge on any atom is -0.494 e. The molecule has 0 amide bonds. The number of hydrogen-bond donors (Lipinski definition) is 0. The number of ketones is 1. The predicted molar refractivity (Wildman–Crippen MR) is 130 cm³/mol. The van der Waals surface area contributed by atoms with Gasteiger partial charge in [0.2, 0.25) is 0 Å². The number of Topliss-reactive ketones (excluding diaryl/α,β-unsaturated/α-hetero) is 1. The van der Waals surface area contributed by atoms with Crippen molar-refractivity contribution in [2.24, 2.45) is 5.18 Å². The summed E-state index contributed by atoms with van der Waals surface area (Å²) in [5, 5.41) is 4.21. The second kappa shape index (κ2) is 10.9. The van der Waals surface area contributed by atoms with Gasteiger partial charge in [-0.2, -0.15) is 0 Å². The van der Waals surface area contributed by atoms with Crippen LogP contribution in [0.3, 0.4) is 0 Å². The number of fused-ring (bicyclic) bond motifs is 1. The molecular weight excluding hydrogens is 448 g/mol. The molecule has 0 aliphatic carbocycles. The normalized spacial score (nSPS) is 10.0. The van der Waals surface area contributed by atoms with Gasteiger partial charge in [0, 0.05) is 23.0 Å². The van der Waals surface area contributed by atoms with Crippen molar-refractivity contribution in [3.8, 4) is 16.9 Å². The van der Waals surface area contributed by atoms with Gasteiger partial charge in [-0.05, 0) is 61.8 Å². The van der Waals surface area contributed by atoms with E-state index < -0.39 is 0 Å². The monoisotopic (exact) mass is 470 g/mol. The smallest absolute Gasteiger partial charge is 0.161 e. The lowest BCUT2D eigenvalue weighted by atomic mass is 9.99. The highest BCUT2D eigenvalue weighted by molar-refractivity contribution is 7.18. The molecule has 166 valence electrons. The van der Waals surface area contributed by atoms with Gasteiger partial charge in [0.15, 0.2) is 5.78 Å². The van der Waals surface area contributed by atoms with Crippen molar-refractivity contribution in [3.63, 3.8) is 0 Å². The van der Waals surface area contributed by atoms with Crippen LogP contribution >= 0.6 is 22.9 Å². The molecule has 4 rings (SSSR count). The molecule has 7 nitrogen and oxygen atoms in total. The summed E-state index contributed by atoms with van der Waals surface area (Å²) in [5.41, 5.74) is 4.23. The number of carbonyl (C=O) groups excluding carboxylic acids is 1. The minimum absolute atomic E-state index is 0. The first kappa shape index (κ1) is 25.0. The van der Waals surface area contributed by atoms with Crippen LogP contribution in [-0.4, -0.2) is 27.8 Å². The molecule has 0 unspecified atom stereocenters. The molecule has 0 aliphatic rings. The van der Waals surface area contributed by atoms with Crippen LogP contribution in [0.1, 0.15) is 35.4 Å². The zero-order valence-electron chi connectivity index (χ0n) is 17.3. The lowest BCUT2D eigenvalue weighted by Gasteiger charge is -2.12. The van der Waals surface area contributed by atoms with Gasteiger partial charge in [-0.3, -0.25) is 9.78 Å². The van der Waals surface area contributed by atoms with Crippen LogP contribution in [0.25, 0.3) is 21.3 Å². The highest BCUT2D eigenvalue weighted by atomic mass is 35.5. The van der Waals surface area contributed by atoms with Crippen molar-refractivity contribution in [2.75, 3.05) is 7.11 Å². The van der Waals surface area contributed by atoms with E-state index in [1.807, 2.05) is 26.0 Å². The molecule has 4 aromatic rings. The summed E-state index contributed by atoms with van der Waals surface area (Å²) in [6, 6.07) is 8.77. The quantitative estimate of drug-likeness (QED) is 0.182. The average Bonchev–Trinajstić information content (AvgIpc) is 3.13. The van der Waals surface area contributed by atoms with E-state index in [2.05, 4.69) is 20.1 Å². The lowest BCUT2D eigenvalue weighted by molar-refractivity contribution is 0.101. The Morgan fingerprint density at radius 3 is 2.50 bits per heavy atom. The summed E-state index contributed by atoms with van der Waals surface area (Å²) in [6.45, 7) is 5.31. The van der Waals surface area contributed by atoms with E-state index in [1.165, 1.54) is 13.1 Å². The number of carbonyl (C=O) groups is 1. The number of aryl methyl sites for hydroxylation is 2. The second-order valence-corrected chi connectivity index (χ2v) is 8.23. The molecule has 0 N–H and O–H groups in total. The van der Waals surface area contributed by atoms with Crippen molar-refractivity contribution in [3.05, 3.63) is 69.1 Å². The van der Waals surface area contributed by atoms with Crippen LogP contribution in [0.15, 0.2) is 47.9 Å². The third kappa shape index (κ3) is 5.72. The topological polar surface area (TPSA) is 94.4 Å². The molecule has 3 heterocycles. The summed E-state index contributed by atoms with van der Waals surface area (Å²) in [4.78, 5) is 34.3. The van der Waals surface area contributed by atoms with Crippen molar-refractivity contribution in [1.82, 2.24) is 15.0 Å². The molecule has 0 fully saturated rings. The Balaban J connectivity index is 0.000000241. The lowest BCUT2D eigenvalue weighted by Crippen LogP contribution is -2.00. The Morgan fingerprint density at radius 2 is 1.84 bits per heavy atom. The molecule has 0 spiro atoms. The average molecular weight is 471 g/mol. The number of ether oxygens (including phenoxy) is 1. The number of pyridine rings is 2. The van der Waals surface area contributed by atoms with Gasteiger partial charge in [-0.15, -0.1) is 16.2 Å². The van der Waals surface area contributed by atoms with Gasteiger partial charge in [0.05, 0.1) is 28.5 Å². The van der Waals surface area contributed by atoms with Crippen LogP contribution in [-0.2, 0) is 0 Å². The highest BCUT2D eigenvalue weighted by Gasteiger charge is 2.15. The van der Waals surface area contributed by atoms with Crippen molar-refractivity contribution in [1.29, 1.82) is 0 Å². The van der Waals surface area contributed by atoms with Crippen LogP contribution in [0.2, 0.25) is 5.15 Å². The van der Waals surface area contributed by atoms with Crippen molar-refractivity contribution in [2.45, 2.75) is 28.2 Å². The van der Waals surface area contributed by atoms with E-state index in [-0.39, 0.29) is 13.2 Å². The highest BCUT2D eigenvalue weighted by Crippen LogP contribution is 2.33. The zero-order chi connectivity index (χ0) is 22.5. The summed E-state index contributed by atoms with van der Waals surface area (Å²) >= 11 is 7.50. The number of hydrogen-bond acceptors (Lipinski definition) is 8. The van der Waals surface area contributed by atoms with E-state index in [9.17, 15) is 9.70 Å². The number of rotatable bonds is 4. The molecule has 1 aromatic carbocycles. The Morgan fingerprint density at radius 1 is 1.09 bits per heavy atom. The maximum atomic E-state index is 11.7. The Kier molecular flexibility index (Phi) is 8.51. The number of thiazole rings is 1. The molecule has 0 saturated carbocycles. The summed E-state index contributed by atoms with van der Waals surface area (Å²) < 4.78 is 6.29. The number of nitroso groups, excluding NO2 is 1. The number of nitrogens with zero attached hydrogens (tertiary/aromatic N) is 4. The third-order valence-electron chi connectivity index (χ3n) is 4.35. The minimum atomic E-state index is -0.0579. The van der Waals surface area contributed by atoms with E-state index >= 15 is 0 Å². The SMILES string of the molecule is C.COc1cnc(Cl)cc1-c1cc(C)ncc1C(C)=O.Cc1nc2ccc(N=O)cc2s1. The fourth-order valence-electron chi connectivity index (χ4n) is 2.94. The van der Waals surface area contributed by atoms with Crippen molar-refractivity contribution >= 4 is 44.6 Å². The molecule has 9 heteroatoms. The van der Waals surface area contributed by atoms with E-state index in [4.69, 9.17) is 16.3 Å². The molecule has 0 radical (unpaired) electrons. The molecule has 0 atom stereocenters. The van der Waals surface area contributed by atoms with Gasteiger partial charge in [0.1, 0.15) is 16.6 Å². The van der Waals surface area contributed by atoms with Crippen LogP contribution in [0.4, 0.5) is 5.69 Å². The summed E-state index contributed by atoms with van der Waals surface area (Å²) in [7, 11) is 1.55. The van der Waals surface area contributed by atoms with Crippen LogP contribution in [0.5, 0.6) is 5.75 Å². The second-order valence-electron chi connectivity index (χ2n) is 6.61. The predicted octanol–water partition coefficient (Wildman–Crippen LogP) is 6.96. The molecular formula is C23H23ClN4O3S. The first-order valence-corrected chi connectivity index (χ1v) is 10.4. The van der Waals surface area contributed by atoms with Gasteiger partial charge in [-0.25, -0.2) is 9.97 Å². The number of aromatic nitrogens is 3. The van der Waals surface area contributed by atoms with Gasteiger partial charge < -0.3 is 4.74 Å². The maximum absolute atomic E-state index is 11.7. The van der Waals surface area contributed by atoms with E-state index in [1.54, 1.807) is 42.8 Å². The largest absolute Gasteiger partial charge is 0.494 e. The van der Waals surface area contributed by atoms with E-state index in [0.29, 0.717) is 22.2 Å². The molecule has 32 heavy (non-hydrogen) atoms. The first-order chi connectivity index (χ1) is 14.8. The van der Waals surface area contributed by atoms with Gasteiger partial charge in [-0.1, -0.05) is 19.0 Å².